The molecule has 0 spiro atoms. The lowest BCUT2D eigenvalue weighted by Crippen LogP contribution is -2.05. The molecule has 1 aromatic heterocycles. The largest absolute Gasteiger partial charge is 0.216 e. The van der Waals surface area contributed by atoms with Crippen LogP contribution in [0.25, 0.3) is 5.69 Å². The van der Waals surface area contributed by atoms with Crippen LogP contribution >= 0.6 is 11.6 Å². The number of benzene rings is 1. The Balaban J connectivity index is 2.17. The molecular formula is C14H18ClN3. The number of rotatable bonds is 5. The van der Waals surface area contributed by atoms with Gasteiger partial charge in [0, 0.05) is 0 Å². The third kappa shape index (κ3) is 3.10. The van der Waals surface area contributed by atoms with E-state index in [4.69, 9.17) is 11.6 Å². The maximum absolute atomic E-state index is 6.45. The number of hydrogen-bond acceptors (Lipinski definition) is 2. The Morgan fingerprint density at radius 2 is 1.89 bits per heavy atom. The molecule has 0 amide bonds. The zero-order valence-corrected chi connectivity index (χ0v) is 11.5. The molecule has 0 fully saturated rings. The second kappa shape index (κ2) is 6.01. The van der Waals surface area contributed by atoms with Gasteiger partial charge in [-0.3, -0.25) is 0 Å². The van der Waals surface area contributed by atoms with Crippen LogP contribution in [0.1, 0.15) is 37.8 Å². The molecule has 0 aliphatic rings. The van der Waals surface area contributed by atoms with Gasteiger partial charge in [0.1, 0.15) is 0 Å². The normalized spacial score (nSPS) is 12.9. The van der Waals surface area contributed by atoms with E-state index in [9.17, 15) is 0 Å². The maximum Gasteiger partial charge on any atom is 0.0824 e. The van der Waals surface area contributed by atoms with Crippen molar-refractivity contribution in [2.75, 3.05) is 0 Å². The number of alkyl halides is 1. The monoisotopic (exact) mass is 263 g/mol. The van der Waals surface area contributed by atoms with Crippen LogP contribution < -0.4 is 0 Å². The average molecular weight is 264 g/mol. The van der Waals surface area contributed by atoms with E-state index in [2.05, 4.69) is 24.2 Å². The molecule has 1 unspecified atom stereocenters. The van der Waals surface area contributed by atoms with Gasteiger partial charge in [-0.15, -0.1) is 16.7 Å². The molecule has 0 aliphatic carbocycles. The molecule has 1 aromatic carbocycles. The van der Waals surface area contributed by atoms with E-state index >= 15 is 0 Å². The van der Waals surface area contributed by atoms with Crippen molar-refractivity contribution >= 4 is 11.6 Å². The maximum atomic E-state index is 6.45. The Hall–Kier alpha value is -1.35. The molecular weight excluding hydrogens is 246 g/mol. The van der Waals surface area contributed by atoms with Crippen molar-refractivity contribution in [3.63, 3.8) is 0 Å². The zero-order valence-electron chi connectivity index (χ0n) is 10.8. The van der Waals surface area contributed by atoms with Gasteiger partial charge in [0.25, 0.3) is 0 Å². The van der Waals surface area contributed by atoms with Gasteiger partial charge in [-0.25, -0.2) is 4.68 Å². The average Bonchev–Trinajstić information content (AvgIpc) is 2.86. The number of nitrogens with zero attached hydrogens (tertiary/aromatic N) is 3. The van der Waals surface area contributed by atoms with Gasteiger partial charge < -0.3 is 0 Å². The summed E-state index contributed by atoms with van der Waals surface area (Å²) in [5, 5.41) is 8.05. The number of halogens is 1. The lowest BCUT2D eigenvalue weighted by Gasteiger charge is -2.12. The van der Waals surface area contributed by atoms with E-state index in [-0.39, 0.29) is 5.38 Å². The summed E-state index contributed by atoms with van der Waals surface area (Å²) in [6.07, 6.45) is 3.80. The van der Waals surface area contributed by atoms with E-state index in [1.165, 1.54) is 0 Å². The first kappa shape index (κ1) is 13.1. The first-order valence-electron chi connectivity index (χ1n) is 6.28. The first-order chi connectivity index (χ1) is 8.68. The molecule has 1 heterocycles. The summed E-state index contributed by atoms with van der Waals surface area (Å²) in [6.45, 7) is 4.41. The minimum Gasteiger partial charge on any atom is -0.216 e. The predicted octanol–water partition coefficient (Wildman–Crippen LogP) is 3.98. The number of hydrogen-bond donors (Lipinski definition) is 0. The molecule has 2 aromatic rings. The summed E-state index contributed by atoms with van der Waals surface area (Å²) in [4.78, 5) is 0. The molecule has 0 saturated heterocycles. The summed E-state index contributed by atoms with van der Waals surface area (Å²) in [5.41, 5.74) is 1.96. The highest BCUT2D eigenvalue weighted by atomic mass is 35.5. The molecule has 18 heavy (non-hydrogen) atoms. The second-order valence-corrected chi connectivity index (χ2v) is 5.37. The smallest absolute Gasteiger partial charge is 0.0824 e. The van der Waals surface area contributed by atoms with Gasteiger partial charge in [0.05, 0.1) is 23.0 Å². The third-order valence-corrected chi connectivity index (χ3v) is 3.34. The Bertz CT molecular complexity index is 479. The molecule has 3 nitrogen and oxygen atoms in total. The van der Waals surface area contributed by atoms with Crippen molar-refractivity contribution in [3.8, 4) is 5.69 Å². The van der Waals surface area contributed by atoms with Crippen molar-refractivity contribution in [2.24, 2.45) is 5.92 Å². The summed E-state index contributed by atoms with van der Waals surface area (Å²) >= 11 is 6.45. The summed E-state index contributed by atoms with van der Waals surface area (Å²) in [6, 6.07) is 9.96. The van der Waals surface area contributed by atoms with Gasteiger partial charge in [-0.05, 0) is 30.9 Å². The fraction of sp³-hybridized carbons (Fsp3) is 0.429. The zero-order chi connectivity index (χ0) is 13.0. The summed E-state index contributed by atoms with van der Waals surface area (Å²) < 4.78 is 1.82. The van der Waals surface area contributed by atoms with Crippen LogP contribution in [0.3, 0.4) is 0 Å². The van der Waals surface area contributed by atoms with Crippen LogP contribution in [-0.2, 0) is 0 Å². The van der Waals surface area contributed by atoms with E-state index in [1.807, 2.05) is 35.0 Å². The van der Waals surface area contributed by atoms with Crippen LogP contribution in [-0.4, -0.2) is 15.0 Å². The van der Waals surface area contributed by atoms with Crippen molar-refractivity contribution < 1.29 is 0 Å². The highest BCUT2D eigenvalue weighted by molar-refractivity contribution is 6.20. The quantitative estimate of drug-likeness (QED) is 0.764. The molecule has 2 rings (SSSR count). The van der Waals surface area contributed by atoms with Crippen molar-refractivity contribution in [3.05, 3.63) is 42.2 Å². The predicted molar refractivity (Wildman–Crippen MR) is 74.0 cm³/mol. The van der Waals surface area contributed by atoms with E-state index in [1.54, 1.807) is 6.20 Å². The minimum absolute atomic E-state index is 0.0393. The second-order valence-electron chi connectivity index (χ2n) is 4.84. The van der Waals surface area contributed by atoms with E-state index in [0.717, 1.165) is 24.2 Å². The van der Waals surface area contributed by atoms with Gasteiger partial charge in [-0.2, -0.15) is 0 Å². The van der Waals surface area contributed by atoms with Gasteiger partial charge in [-0.1, -0.05) is 37.3 Å². The van der Waals surface area contributed by atoms with Crippen LogP contribution in [0.2, 0.25) is 0 Å². The minimum atomic E-state index is -0.0393. The van der Waals surface area contributed by atoms with Crippen LogP contribution in [0.4, 0.5) is 0 Å². The molecule has 0 aliphatic heterocycles. The standard InChI is InChI=1S/C14H18ClN3/c1-11(2)8-9-13(15)14-10-16-17-18(14)12-6-4-3-5-7-12/h3-7,10-11,13H,8-9H2,1-2H3. The van der Waals surface area contributed by atoms with Crippen LogP contribution in [0.5, 0.6) is 0 Å². The first-order valence-corrected chi connectivity index (χ1v) is 6.72. The lowest BCUT2D eigenvalue weighted by atomic mass is 10.1. The Labute approximate surface area is 113 Å². The van der Waals surface area contributed by atoms with Crippen molar-refractivity contribution in [1.29, 1.82) is 0 Å². The summed E-state index contributed by atoms with van der Waals surface area (Å²) in [7, 11) is 0. The molecule has 0 N–H and O–H groups in total. The van der Waals surface area contributed by atoms with Crippen LogP contribution in [0, 0.1) is 5.92 Å². The molecule has 0 radical (unpaired) electrons. The number of para-hydroxylation sites is 1. The number of aromatic nitrogens is 3. The topological polar surface area (TPSA) is 30.7 Å². The highest BCUT2D eigenvalue weighted by Crippen LogP contribution is 2.28. The van der Waals surface area contributed by atoms with Crippen molar-refractivity contribution in [2.45, 2.75) is 32.1 Å². The summed E-state index contributed by atoms with van der Waals surface area (Å²) in [5.74, 6) is 0.660. The van der Waals surface area contributed by atoms with Gasteiger partial charge in [0.2, 0.25) is 0 Å². The van der Waals surface area contributed by atoms with E-state index in [0.29, 0.717) is 5.92 Å². The fourth-order valence-electron chi connectivity index (χ4n) is 1.85. The van der Waals surface area contributed by atoms with Gasteiger partial charge >= 0.3 is 0 Å². The highest BCUT2D eigenvalue weighted by Gasteiger charge is 2.15. The Morgan fingerprint density at radius 1 is 1.17 bits per heavy atom. The molecule has 0 saturated carbocycles. The third-order valence-electron chi connectivity index (χ3n) is 2.89. The Kier molecular flexibility index (Phi) is 4.37. The fourth-order valence-corrected chi connectivity index (χ4v) is 2.13. The molecule has 1 atom stereocenters. The lowest BCUT2D eigenvalue weighted by molar-refractivity contribution is 0.541. The molecule has 0 bridgehead atoms. The SMILES string of the molecule is CC(C)CCC(Cl)c1cnnn1-c1ccccc1. The molecule has 4 heteroatoms. The molecule has 96 valence electrons. The van der Waals surface area contributed by atoms with E-state index < -0.39 is 0 Å². The van der Waals surface area contributed by atoms with Crippen LogP contribution in [0.15, 0.2) is 36.5 Å². The Morgan fingerprint density at radius 3 is 2.56 bits per heavy atom. The van der Waals surface area contributed by atoms with Crippen molar-refractivity contribution in [1.82, 2.24) is 15.0 Å². The van der Waals surface area contributed by atoms with Gasteiger partial charge in [0.15, 0.2) is 0 Å².